The molecule has 0 aromatic rings. The molecule has 2 fully saturated rings. The first-order valence-corrected chi connectivity index (χ1v) is 6.42. The maximum atomic E-state index is 5.88. The maximum absolute atomic E-state index is 5.88. The molecule has 15 heavy (non-hydrogen) atoms. The molecule has 0 bridgehead atoms. The Hall–Kier alpha value is -0.120. The summed E-state index contributed by atoms with van der Waals surface area (Å²) in [5, 5.41) is 2.02. The Morgan fingerprint density at radius 1 is 1.07 bits per heavy atom. The SMILES string of the molecule is CN1CCC(CC2CCCN(N)C2)CC1. The fourth-order valence-electron chi connectivity index (χ4n) is 3.06. The van der Waals surface area contributed by atoms with E-state index in [2.05, 4.69) is 11.9 Å². The van der Waals surface area contributed by atoms with Crippen molar-refractivity contribution >= 4 is 0 Å². The largest absolute Gasteiger partial charge is 0.306 e. The minimum absolute atomic E-state index is 0.872. The van der Waals surface area contributed by atoms with Gasteiger partial charge in [-0.2, -0.15) is 0 Å². The van der Waals surface area contributed by atoms with E-state index in [0.717, 1.165) is 24.9 Å². The van der Waals surface area contributed by atoms with Gasteiger partial charge in [0.2, 0.25) is 0 Å². The van der Waals surface area contributed by atoms with Crippen molar-refractivity contribution < 1.29 is 0 Å². The van der Waals surface area contributed by atoms with Crippen LogP contribution in [0.1, 0.15) is 32.1 Å². The summed E-state index contributed by atoms with van der Waals surface area (Å²) in [6.45, 7) is 4.82. The van der Waals surface area contributed by atoms with Gasteiger partial charge in [0.15, 0.2) is 0 Å². The first-order chi connectivity index (χ1) is 7.24. The molecular weight excluding hydrogens is 186 g/mol. The van der Waals surface area contributed by atoms with Gasteiger partial charge in [-0.05, 0) is 64.1 Å². The lowest BCUT2D eigenvalue weighted by Gasteiger charge is -2.34. The number of likely N-dealkylation sites (tertiary alicyclic amines) is 1. The fourth-order valence-corrected chi connectivity index (χ4v) is 3.06. The van der Waals surface area contributed by atoms with Crippen molar-refractivity contribution in [2.24, 2.45) is 17.7 Å². The summed E-state index contributed by atoms with van der Waals surface area (Å²) < 4.78 is 0. The molecule has 2 aliphatic rings. The Labute approximate surface area is 93.6 Å². The molecule has 0 aliphatic carbocycles. The Morgan fingerprint density at radius 3 is 2.47 bits per heavy atom. The van der Waals surface area contributed by atoms with Crippen LogP contribution in [-0.4, -0.2) is 43.1 Å². The number of nitrogens with two attached hydrogens (primary N) is 1. The second-order valence-corrected chi connectivity index (χ2v) is 5.49. The molecule has 0 saturated carbocycles. The van der Waals surface area contributed by atoms with E-state index in [1.54, 1.807) is 0 Å². The molecule has 3 nitrogen and oxygen atoms in total. The highest BCUT2D eigenvalue weighted by molar-refractivity contribution is 4.76. The second-order valence-electron chi connectivity index (χ2n) is 5.49. The lowest BCUT2D eigenvalue weighted by Crippen LogP contribution is -2.41. The number of nitrogens with zero attached hydrogens (tertiary/aromatic N) is 2. The third kappa shape index (κ3) is 3.44. The summed E-state index contributed by atoms with van der Waals surface area (Å²) in [7, 11) is 2.23. The highest BCUT2D eigenvalue weighted by atomic mass is 15.4. The molecule has 0 aromatic heterocycles. The molecule has 0 radical (unpaired) electrons. The van der Waals surface area contributed by atoms with Crippen LogP contribution in [0.3, 0.4) is 0 Å². The highest BCUT2D eigenvalue weighted by Gasteiger charge is 2.23. The number of hydrazine groups is 1. The first-order valence-electron chi connectivity index (χ1n) is 6.42. The Kier molecular flexibility index (Phi) is 4.00. The predicted molar refractivity (Wildman–Crippen MR) is 63.3 cm³/mol. The molecule has 0 spiro atoms. The standard InChI is InChI=1S/C12H25N3/c1-14-7-4-11(5-8-14)9-12-3-2-6-15(13)10-12/h11-12H,2-10,13H2,1H3. The number of rotatable bonds is 2. The van der Waals surface area contributed by atoms with Crippen LogP contribution in [-0.2, 0) is 0 Å². The van der Waals surface area contributed by atoms with Crippen molar-refractivity contribution in [3.05, 3.63) is 0 Å². The third-order valence-corrected chi connectivity index (χ3v) is 4.06. The van der Waals surface area contributed by atoms with Crippen molar-refractivity contribution in [2.45, 2.75) is 32.1 Å². The van der Waals surface area contributed by atoms with Gasteiger partial charge in [0, 0.05) is 13.1 Å². The average molecular weight is 211 g/mol. The van der Waals surface area contributed by atoms with Crippen LogP contribution in [0.25, 0.3) is 0 Å². The van der Waals surface area contributed by atoms with Crippen molar-refractivity contribution in [3.8, 4) is 0 Å². The topological polar surface area (TPSA) is 32.5 Å². The monoisotopic (exact) mass is 211 g/mol. The number of piperidine rings is 2. The molecule has 3 heteroatoms. The summed E-state index contributed by atoms with van der Waals surface area (Å²) in [6, 6.07) is 0. The molecular formula is C12H25N3. The quantitative estimate of drug-likeness (QED) is 0.699. The maximum Gasteiger partial charge on any atom is 0.0157 e. The van der Waals surface area contributed by atoms with E-state index >= 15 is 0 Å². The van der Waals surface area contributed by atoms with E-state index in [1.807, 2.05) is 5.01 Å². The molecule has 2 rings (SSSR count). The first kappa shape index (κ1) is 11.4. The van der Waals surface area contributed by atoms with Gasteiger partial charge in [0.25, 0.3) is 0 Å². The zero-order chi connectivity index (χ0) is 10.7. The summed E-state index contributed by atoms with van der Waals surface area (Å²) in [5.74, 6) is 7.72. The number of hydrogen-bond acceptors (Lipinski definition) is 3. The van der Waals surface area contributed by atoms with Crippen LogP contribution in [0.5, 0.6) is 0 Å². The average Bonchev–Trinajstić information content (AvgIpc) is 2.22. The second kappa shape index (κ2) is 5.28. The molecule has 1 unspecified atom stereocenters. The molecule has 0 aromatic carbocycles. The summed E-state index contributed by atoms with van der Waals surface area (Å²) in [5.41, 5.74) is 0. The fraction of sp³-hybridized carbons (Fsp3) is 1.00. The van der Waals surface area contributed by atoms with E-state index in [1.165, 1.54) is 45.2 Å². The van der Waals surface area contributed by atoms with Crippen LogP contribution in [0.15, 0.2) is 0 Å². The van der Waals surface area contributed by atoms with Crippen LogP contribution < -0.4 is 5.84 Å². The lowest BCUT2D eigenvalue weighted by atomic mass is 9.84. The van der Waals surface area contributed by atoms with E-state index in [-0.39, 0.29) is 0 Å². The molecule has 1 atom stereocenters. The summed E-state index contributed by atoms with van der Waals surface area (Å²) in [4.78, 5) is 2.45. The minimum atomic E-state index is 0.872. The van der Waals surface area contributed by atoms with Crippen molar-refractivity contribution in [3.63, 3.8) is 0 Å². The van der Waals surface area contributed by atoms with Crippen molar-refractivity contribution in [1.82, 2.24) is 9.91 Å². The Balaban J connectivity index is 1.71. The lowest BCUT2D eigenvalue weighted by molar-refractivity contribution is 0.134. The van der Waals surface area contributed by atoms with Gasteiger partial charge in [0.1, 0.15) is 0 Å². The summed E-state index contributed by atoms with van der Waals surface area (Å²) >= 11 is 0. The zero-order valence-electron chi connectivity index (χ0n) is 9.99. The van der Waals surface area contributed by atoms with Crippen LogP contribution in [0, 0.1) is 11.8 Å². The van der Waals surface area contributed by atoms with Crippen LogP contribution in [0.2, 0.25) is 0 Å². The summed E-state index contributed by atoms with van der Waals surface area (Å²) in [6.07, 6.45) is 6.92. The predicted octanol–water partition coefficient (Wildman–Crippen LogP) is 1.30. The number of hydrogen-bond donors (Lipinski definition) is 1. The third-order valence-electron chi connectivity index (χ3n) is 4.06. The van der Waals surface area contributed by atoms with Gasteiger partial charge >= 0.3 is 0 Å². The van der Waals surface area contributed by atoms with Crippen molar-refractivity contribution in [1.29, 1.82) is 0 Å². The molecule has 2 N–H and O–H groups in total. The van der Waals surface area contributed by atoms with E-state index in [4.69, 9.17) is 5.84 Å². The molecule has 0 amide bonds. The van der Waals surface area contributed by atoms with Gasteiger partial charge in [-0.25, -0.2) is 5.01 Å². The van der Waals surface area contributed by atoms with Gasteiger partial charge in [-0.3, -0.25) is 5.84 Å². The van der Waals surface area contributed by atoms with Gasteiger partial charge in [0.05, 0.1) is 0 Å². The molecule has 88 valence electrons. The minimum Gasteiger partial charge on any atom is -0.306 e. The van der Waals surface area contributed by atoms with Gasteiger partial charge in [-0.1, -0.05) is 0 Å². The Morgan fingerprint density at radius 2 is 1.80 bits per heavy atom. The van der Waals surface area contributed by atoms with Gasteiger partial charge in [-0.15, -0.1) is 0 Å². The van der Waals surface area contributed by atoms with E-state index < -0.39 is 0 Å². The smallest absolute Gasteiger partial charge is 0.0157 e. The van der Waals surface area contributed by atoms with Crippen LogP contribution in [0.4, 0.5) is 0 Å². The van der Waals surface area contributed by atoms with Crippen molar-refractivity contribution in [2.75, 3.05) is 33.2 Å². The Bertz CT molecular complexity index is 187. The van der Waals surface area contributed by atoms with Gasteiger partial charge < -0.3 is 4.90 Å². The molecule has 2 aliphatic heterocycles. The molecule has 2 heterocycles. The van der Waals surface area contributed by atoms with Crippen LogP contribution >= 0.6 is 0 Å². The van der Waals surface area contributed by atoms with E-state index in [9.17, 15) is 0 Å². The normalized spacial score (nSPS) is 32.0. The zero-order valence-corrected chi connectivity index (χ0v) is 9.99. The highest BCUT2D eigenvalue weighted by Crippen LogP contribution is 2.27. The molecule has 2 saturated heterocycles. The van der Waals surface area contributed by atoms with E-state index in [0.29, 0.717) is 0 Å².